The van der Waals surface area contributed by atoms with Crippen molar-refractivity contribution >= 4 is 37.9 Å². The molecule has 0 aliphatic rings. The smallest absolute Gasteiger partial charge is 0.237 e. The second-order valence-corrected chi connectivity index (χ2v) is 6.37. The molecule has 0 saturated heterocycles. The molecule has 0 aliphatic carbocycles. The van der Waals surface area contributed by atoms with Gasteiger partial charge >= 0.3 is 0 Å². The summed E-state index contributed by atoms with van der Waals surface area (Å²) in [5.41, 5.74) is 0.751. The molecule has 0 aliphatic heterocycles. The predicted octanol–water partition coefficient (Wildman–Crippen LogP) is 1.47. The van der Waals surface area contributed by atoms with Crippen molar-refractivity contribution in [3.63, 3.8) is 0 Å². The van der Waals surface area contributed by atoms with E-state index >= 15 is 0 Å². The van der Waals surface area contributed by atoms with Crippen LogP contribution in [0.2, 0.25) is 0 Å². The number of hydrogen-bond acceptors (Lipinski definition) is 3. The van der Waals surface area contributed by atoms with Gasteiger partial charge in [0, 0.05) is 16.9 Å². The first-order chi connectivity index (χ1) is 8.84. The normalized spacial score (nSPS) is 13.4. The molecule has 1 aromatic rings. The summed E-state index contributed by atoms with van der Waals surface area (Å²) in [5, 5.41) is 3.41. The Balaban J connectivity index is 2.74. The highest BCUT2D eigenvalue weighted by Crippen LogP contribution is 2.11. The third-order valence-corrected chi connectivity index (χ3v) is 4.00. The first-order valence-corrected chi connectivity index (χ1v) is 7.85. The van der Waals surface area contributed by atoms with Crippen LogP contribution in [0.1, 0.15) is 12.5 Å². The maximum absolute atomic E-state index is 11.7. The van der Waals surface area contributed by atoms with E-state index in [4.69, 9.17) is 0 Å². The Hall–Kier alpha value is -1.18. The molecular weight excluding hydrogens is 332 g/mol. The number of rotatable bonds is 5. The number of carbonyl (C=O) groups excluding carboxylic acids is 1. The van der Waals surface area contributed by atoms with Gasteiger partial charge in [0.2, 0.25) is 15.9 Å². The van der Waals surface area contributed by atoms with Crippen molar-refractivity contribution in [3.8, 4) is 0 Å². The topological polar surface area (TPSA) is 75.3 Å². The number of benzene rings is 1. The summed E-state index contributed by atoms with van der Waals surface area (Å²) in [6.07, 6.45) is 1.46. The van der Waals surface area contributed by atoms with Crippen LogP contribution in [0.5, 0.6) is 0 Å². The van der Waals surface area contributed by atoms with E-state index < -0.39 is 16.1 Å². The van der Waals surface area contributed by atoms with Crippen LogP contribution in [0.15, 0.2) is 34.1 Å². The standard InChI is InChI=1S/C12H15BrN2O3S/c1-9(12(16)14-2)15-19(17,18)8-7-10-3-5-11(13)6-4-10/h3-9,15H,1-2H3,(H,14,16)/b8-7+/t9-/m0/s1. The Morgan fingerprint density at radius 3 is 2.42 bits per heavy atom. The van der Waals surface area contributed by atoms with E-state index in [1.807, 2.05) is 12.1 Å². The summed E-state index contributed by atoms with van der Waals surface area (Å²) in [7, 11) is -2.20. The van der Waals surface area contributed by atoms with Crippen LogP contribution in [0.4, 0.5) is 0 Å². The molecule has 104 valence electrons. The largest absolute Gasteiger partial charge is 0.358 e. The van der Waals surface area contributed by atoms with Crippen LogP contribution in [0.25, 0.3) is 6.08 Å². The van der Waals surface area contributed by atoms with E-state index in [1.54, 1.807) is 12.1 Å². The van der Waals surface area contributed by atoms with E-state index in [1.165, 1.54) is 20.0 Å². The molecule has 0 heterocycles. The molecule has 1 rings (SSSR count). The summed E-state index contributed by atoms with van der Waals surface area (Å²) in [6, 6.07) is 6.36. The Labute approximate surface area is 121 Å². The number of likely N-dealkylation sites (N-methyl/N-ethyl adjacent to an activating group) is 1. The third-order valence-electron chi connectivity index (χ3n) is 2.29. The summed E-state index contributed by atoms with van der Waals surface area (Å²) in [4.78, 5) is 11.2. The van der Waals surface area contributed by atoms with Crippen molar-refractivity contribution < 1.29 is 13.2 Å². The van der Waals surface area contributed by atoms with Crippen molar-refractivity contribution in [2.24, 2.45) is 0 Å². The van der Waals surface area contributed by atoms with Crippen LogP contribution in [0.3, 0.4) is 0 Å². The third kappa shape index (κ3) is 5.54. The number of hydrogen-bond donors (Lipinski definition) is 2. The Morgan fingerprint density at radius 2 is 1.89 bits per heavy atom. The molecule has 1 atom stereocenters. The van der Waals surface area contributed by atoms with Crippen molar-refractivity contribution in [1.82, 2.24) is 10.0 Å². The maximum Gasteiger partial charge on any atom is 0.237 e. The lowest BCUT2D eigenvalue weighted by Gasteiger charge is -2.10. The maximum atomic E-state index is 11.7. The molecule has 0 fully saturated rings. The molecule has 0 aromatic heterocycles. The van der Waals surface area contributed by atoms with Crippen LogP contribution in [-0.2, 0) is 14.8 Å². The average Bonchev–Trinajstić information content (AvgIpc) is 2.36. The van der Waals surface area contributed by atoms with Gasteiger partial charge in [0.05, 0.1) is 6.04 Å². The molecule has 1 amide bonds. The second kappa shape index (κ2) is 6.83. The fourth-order valence-electron chi connectivity index (χ4n) is 1.30. The number of carbonyl (C=O) groups is 1. The van der Waals surface area contributed by atoms with Crippen molar-refractivity contribution in [2.45, 2.75) is 13.0 Å². The zero-order chi connectivity index (χ0) is 14.5. The van der Waals surface area contributed by atoms with Gasteiger partial charge in [-0.05, 0) is 30.7 Å². The quantitative estimate of drug-likeness (QED) is 0.847. The fraction of sp³-hybridized carbons (Fsp3) is 0.250. The number of sulfonamides is 1. The van der Waals surface area contributed by atoms with Crippen LogP contribution < -0.4 is 10.0 Å². The van der Waals surface area contributed by atoms with E-state index in [0.29, 0.717) is 0 Å². The minimum atomic E-state index is -3.65. The molecule has 0 radical (unpaired) electrons. The molecule has 7 heteroatoms. The number of amides is 1. The molecule has 19 heavy (non-hydrogen) atoms. The SMILES string of the molecule is CNC(=O)[C@H](C)NS(=O)(=O)/C=C/c1ccc(Br)cc1. The highest BCUT2D eigenvalue weighted by molar-refractivity contribution is 9.10. The summed E-state index contributed by atoms with van der Waals surface area (Å²) >= 11 is 3.29. The predicted molar refractivity (Wildman–Crippen MR) is 78.8 cm³/mol. The van der Waals surface area contributed by atoms with Crippen LogP contribution in [0, 0.1) is 0 Å². The van der Waals surface area contributed by atoms with Gasteiger partial charge in [-0.15, -0.1) is 0 Å². The molecule has 0 unspecified atom stereocenters. The Morgan fingerprint density at radius 1 is 1.32 bits per heavy atom. The van der Waals surface area contributed by atoms with Crippen LogP contribution >= 0.6 is 15.9 Å². The number of halogens is 1. The van der Waals surface area contributed by atoms with Gasteiger partial charge in [-0.25, -0.2) is 8.42 Å². The first kappa shape index (κ1) is 15.9. The van der Waals surface area contributed by atoms with E-state index in [0.717, 1.165) is 15.4 Å². The van der Waals surface area contributed by atoms with Gasteiger partial charge in [0.1, 0.15) is 0 Å². The van der Waals surface area contributed by atoms with Gasteiger partial charge in [0.15, 0.2) is 0 Å². The monoisotopic (exact) mass is 346 g/mol. The molecule has 2 N–H and O–H groups in total. The lowest BCUT2D eigenvalue weighted by atomic mass is 10.2. The van der Waals surface area contributed by atoms with E-state index in [2.05, 4.69) is 26.0 Å². The minimum Gasteiger partial charge on any atom is -0.358 e. The van der Waals surface area contributed by atoms with E-state index in [9.17, 15) is 13.2 Å². The lowest BCUT2D eigenvalue weighted by Crippen LogP contribution is -2.42. The van der Waals surface area contributed by atoms with Gasteiger partial charge in [-0.3, -0.25) is 4.79 Å². The molecule has 0 saturated carbocycles. The van der Waals surface area contributed by atoms with Crippen LogP contribution in [-0.4, -0.2) is 27.4 Å². The minimum absolute atomic E-state index is 0.388. The molecule has 0 bridgehead atoms. The van der Waals surface area contributed by atoms with Crippen molar-refractivity contribution in [1.29, 1.82) is 0 Å². The van der Waals surface area contributed by atoms with Crippen molar-refractivity contribution in [3.05, 3.63) is 39.7 Å². The lowest BCUT2D eigenvalue weighted by molar-refractivity contribution is -0.121. The average molecular weight is 347 g/mol. The summed E-state index contributed by atoms with van der Waals surface area (Å²) in [5.74, 6) is -0.388. The highest BCUT2D eigenvalue weighted by Gasteiger charge is 2.16. The van der Waals surface area contributed by atoms with Gasteiger partial charge in [0.25, 0.3) is 0 Å². The van der Waals surface area contributed by atoms with E-state index in [-0.39, 0.29) is 5.91 Å². The molecule has 1 aromatic carbocycles. The van der Waals surface area contributed by atoms with Gasteiger partial charge in [-0.2, -0.15) is 4.72 Å². The first-order valence-electron chi connectivity index (χ1n) is 5.51. The fourth-order valence-corrected chi connectivity index (χ4v) is 2.58. The second-order valence-electron chi connectivity index (χ2n) is 3.85. The Kier molecular flexibility index (Phi) is 5.71. The molecule has 5 nitrogen and oxygen atoms in total. The Bertz CT molecular complexity index is 567. The van der Waals surface area contributed by atoms with Gasteiger partial charge < -0.3 is 5.32 Å². The van der Waals surface area contributed by atoms with Crippen molar-refractivity contribution in [2.75, 3.05) is 7.05 Å². The number of nitrogens with one attached hydrogen (secondary N) is 2. The molecular formula is C12H15BrN2O3S. The zero-order valence-electron chi connectivity index (χ0n) is 10.6. The summed E-state index contributed by atoms with van der Waals surface area (Å²) in [6.45, 7) is 1.48. The van der Waals surface area contributed by atoms with Gasteiger partial charge in [-0.1, -0.05) is 28.1 Å². The zero-order valence-corrected chi connectivity index (χ0v) is 13.0. The summed E-state index contributed by atoms with van der Waals surface area (Å²) < 4.78 is 26.6. The highest BCUT2D eigenvalue weighted by atomic mass is 79.9. The molecule has 0 spiro atoms.